The SMILES string of the molecule is Cc1ccc(NC(=O)C[NH+]2CCN(C(=O)C[NH+](C)Cc3ccc(C)o3)CC2)cc1. The molecule has 1 aromatic carbocycles. The molecular formula is C22H32N4O3+2. The largest absolute Gasteiger partial charge is 0.460 e. The number of anilines is 1. The number of amides is 2. The summed E-state index contributed by atoms with van der Waals surface area (Å²) in [7, 11) is 2.01. The van der Waals surface area contributed by atoms with Crippen LogP contribution >= 0.6 is 0 Å². The van der Waals surface area contributed by atoms with Crippen LogP contribution in [0.2, 0.25) is 0 Å². The first kappa shape index (κ1) is 21.1. The molecule has 0 saturated carbocycles. The zero-order valence-electron chi connectivity index (χ0n) is 17.6. The lowest BCUT2D eigenvalue weighted by molar-refractivity contribution is -0.896. The maximum absolute atomic E-state index is 12.6. The molecular weight excluding hydrogens is 368 g/mol. The Bertz CT molecular complexity index is 823. The van der Waals surface area contributed by atoms with Crippen LogP contribution in [0.1, 0.15) is 17.1 Å². The molecule has 2 heterocycles. The number of carbonyl (C=O) groups is 2. The zero-order chi connectivity index (χ0) is 20.8. The van der Waals surface area contributed by atoms with Crippen LogP contribution in [0.15, 0.2) is 40.8 Å². The third kappa shape index (κ3) is 6.44. The van der Waals surface area contributed by atoms with Gasteiger partial charge in [-0.2, -0.15) is 0 Å². The van der Waals surface area contributed by atoms with Gasteiger partial charge in [-0.15, -0.1) is 0 Å². The van der Waals surface area contributed by atoms with Crippen LogP contribution in [-0.4, -0.2) is 63.0 Å². The molecule has 0 bridgehead atoms. The molecule has 1 atom stereocenters. The number of furan rings is 1. The predicted octanol–water partition coefficient (Wildman–Crippen LogP) is -0.723. The summed E-state index contributed by atoms with van der Waals surface area (Å²) < 4.78 is 5.59. The average molecular weight is 401 g/mol. The van der Waals surface area contributed by atoms with Crippen molar-refractivity contribution in [3.05, 3.63) is 53.5 Å². The highest BCUT2D eigenvalue weighted by Gasteiger charge is 2.27. The van der Waals surface area contributed by atoms with Gasteiger partial charge in [-0.3, -0.25) is 9.59 Å². The molecule has 29 heavy (non-hydrogen) atoms. The molecule has 3 rings (SSSR count). The fraction of sp³-hybridized carbons (Fsp3) is 0.455. The Morgan fingerprint density at radius 1 is 1.10 bits per heavy atom. The van der Waals surface area contributed by atoms with Crippen LogP contribution in [-0.2, 0) is 16.1 Å². The van der Waals surface area contributed by atoms with E-state index in [0.29, 0.717) is 32.7 Å². The Morgan fingerprint density at radius 3 is 2.41 bits per heavy atom. The number of likely N-dealkylation sites (N-methyl/N-ethyl adjacent to an activating group) is 1. The van der Waals surface area contributed by atoms with Gasteiger partial charge in [0.2, 0.25) is 0 Å². The summed E-state index contributed by atoms with van der Waals surface area (Å²) in [4.78, 5) is 29.1. The maximum Gasteiger partial charge on any atom is 0.279 e. The van der Waals surface area contributed by atoms with Crippen molar-refractivity contribution in [2.24, 2.45) is 0 Å². The molecule has 0 spiro atoms. The second kappa shape index (κ2) is 9.71. The summed E-state index contributed by atoms with van der Waals surface area (Å²) >= 11 is 0. The van der Waals surface area contributed by atoms with Gasteiger partial charge in [0.1, 0.15) is 12.3 Å². The van der Waals surface area contributed by atoms with Gasteiger partial charge in [-0.25, -0.2) is 0 Å². The van der Waals surface area contributed by atoms with Crippen LogP contribution in [0.3, 0.4) is 0 Å². The second-order valence-corrected chi connectivity index (χ2v) is 8.04. The number of nitrogens with zero attached hydrogens (tertiary/aromatic N) is 1. The van der Waals surface area contributed by atoms with E-state index < -0.39 is 0 Å². The molecule has 2 aromatic rings. The molecule has 2 amide bonds. The Labute approximate surface area is 172 Å². The number of piperazine rings is 1. The summed E-state index contributed by atoms with van der Waals surface area (Å²) in [5.74, 6) is 1.97. The third-order valence-electron chi connectivity index (χ3n) is 5.29. The molecule has 156 valence electrons. The zero-order valence-corrected chi connectivity index (χ0v) is 17.6. The molecule has 1 saturated heterocycles. The van der Waals surface area contributed by atoms with Crippen molar-refractivity contribution in [2.45, 2.75) is 20.4 Å². The van der Waals surface area contributed by atoms with Crippen molar-refractivity contribution in [3.63, 3.8) is 0 Å². The van der Waals surface area contributed by atoms with Crippen molar-refractivity contribution in [1.29, 1.82) is 0 Å². The summed E-state index contributed by atoms with van der Waals surface area (Å²) in [5, 5.41) is 2.95. The van der Waals surface area contributed by atoms with Crippen molar-refractivity contribution in [1.82, 2.24) is 4.90 Å². The summed E-state index contributed by atoms with van der Waals surface area (Å²) in [5.41, 5.74) is 1.99. The number of nitrogens with one attached hydrogen (secondary N) is 3. The monoisotopic (exact) mass is 400 g/mol. The Hall–Kier alpha value is -2.64. The molecule has 1 aliphatic rings. The van der Waals surface area contributed by atoms with E-state index in [4.69, 9.17) is 4.42 Å². The molecule has 0 radical (unpaired) electrons. The van der Waals surface area contributed by atoms with Crippen molar-refractivity contribution < 1.29 is 23.8 Å². The topological polar surface area (TPSA) is 71.4 Å². The molecule has 0 aliphatic carbocycles. The van der Waals surface area contributed by atoms with Crippen LogP contribution in [0.5, 0.6) is 0 Å². The first-order valence-corrected chi connectivity index (χ1v) is 10.2. The number of hydrogen-bond donors (Lipinski definition) is 3. The van der Waals surface area contributed by atoms with E-state index in [-0.39, 0.29) is 11.8 Å². The number of carbonyl (C=O) groups excluding carboxylic acids is 2. The Kier molecular flexibility index (Phi) is 7.06. The fourth-order valence-corrected chi connectivity index (χ4v) is 3.63. The predicted molar refractivity (Wildman–Crippen MR) is 111 cm³/mol. The average Bonchev–Trinajstić information content (AvgIpc) is 3.08. The fourth-order valence-electron chi connectivity index (χ4n) is 3.63. The number of benzene rings is 1. The van der Waals surface area contributed by atoms with E-state index in [1.54, 1.807) is 0 Å². The van der Waals surface area contributed by atoms with Gasteiger partial charge in [0, 0.05) is 5.69 Å². The first-order valence-electron chi connectivity index (χ1n) is 10.2. The summed E-state index contributed by atoms with van der Waals surface area (Å²) in [6.45, 7) is 8.50. The van der Waals surface area contributed by atoms with Crippen LogP contribution in [0.4, 0.5) is 5.69 Å². The standard InChI is InChI=1S/C22H30N4O3/c1-17-4-7-19(8-5-17)23-21(27)15-25-10-12-26(13-11-25)22(28)16-24(3)14-20-9-6-18(2)29-20/h4-9H,10-16H2,1-3H3,(H,23,27)/p+2. The highest BCUT2D eigenvalue weighted by Crippen LogP contribution is 2.08. The normalized spacial score (nSPS) is 15.9. The minimum Gasteiger partial charge on any atom is -0.460 e. The Balaban J connectivity index is 1.38. The molecule has 7 heteroatoms. The van der Waals surface area contributed by atoms with Crippen molar-refractivity contribution in [2.75, 3.05) is 51.6 Å². The van der Waals surface area contributed by atoms with Crippen molar-refractivity contribution >= 4 is 17.5 Å². The number of quaternary nitrogens is 2. The first-order chi connectivity index (χ1) is 13.9. The van der Waals surface area contributed by atoms with Gasteiger partial charge in [0.25, 0.3) is 11.8 Å². The van der Waals surface area contributed by atoms with Gasteiger partial charge in [0.15, 0.2) is 18.8 Å². The van der Waals surface area contributed by atoms with Crippen LogP contribution in [0, 0.1) is 13.8 Å². The van der Waals surface area contributed by atoms with Gasteiger partial charge >= 0.3 is 0 Å². The van der Waals surface area contributed by atoms with E-state index in [2.05, 4.69) is 5.32 Å². The van der Waals surface area contributed by atoms with Gasteiger partial charge < -0.3 is 24.4 Å². The lowest BCUT2D eigenvalue weighted by Crippen LogP contribution is -3.16. The molecule has 1 aromatic heterocycles. The molecule has 3 N–H and O–H groups in total. The maximum atomic E-state index is 12.6. The lowest BCUT2D eigenvalue weighted by atomic mass is 10.2. The van der Waals surface area contributed by atoms with E-state index in [1.165, 1.54) is 10.5 Å². The molecule has 1 aliphatic heterocycles. The van der Waals surface area contributed by atoms with E-state index in [0.717, 1.165) is 35.2 Å². The van der Waals surface area contributed by atoms with E-state index in [9.17, 15) is 9.59 Å². The minimum atomic E-state index is 0.0153. The second-order valence-electron chi connectivity index (χ2n) is 8.04. The molecule has 1 fully saturated rings. The van der Waals surface area contributed by atoms with Crippen molar-refractivity contribution in [3.8, 4) is 0 Å². The van der Waals surface area contributed by atoms with Gasteiger partial charge in [-0.05, 0) is 38.1 Å². The number of hydrogen-bond acceptors (Lipinski definition) is 3. The van der Waals surface area contributed by atoms with E-state index >= 15 is 0 Å². The summed E-state index contributed by atoms with van der Waals surface area (Å²) in [6.07, 6.45) is 0. The van der Waals surface area contributed by atoms with Gasteiger partial charge in [-0.1, -0.05) is 17.7 Å². The summed E-state index contributed by atoms with van der Waals surface area (Å²) in [6, 6.07) is 11.7. The lowest BCUT2D eigenvalue weighted by Gasteiger charge is -2.32. The molecule has 1 unspecified atom stereocenters. The number of rotatable bonds is 7. The van der Waals surface area contributed by atoms with Crippen LogP contribution < -0.4 is 15.1 Å². The third-order valence-corrected chi connectivity index (χ3v) is 5.29. The quantitative estimate of drug-likeness (QED) is 0.574. The minimum absolute atomic E-state index is 0.0153. The Morgan fingerprint density at radius 2 is 1.79 bits per heavy atom. The van der Waals surface area contributed by atoms with Crippen LogP contribution in [0.25, 0.3) is 0 Å². The highest BCUT2D eigenvalue weighted by atomic mass is 16.3. The van der Waals surface area contributed by atoms with Gasteiger partial charge in [0.05, 0.1) is 33.2 Å². The number of aryl methyl sites for hydroxylation is 2. The highest BCUT2D eigenvalue weighted by molar-refractivity contribution is 5.91. The van der Waals surface area contributed by atoms with E-state index in [1.807, 2.05) is 62.2 Å². The smallest absolute Gasteiger partial charge is 0.279 e. The molecule has 7 nitrogen and oxygen atoms in total.